The molecule has 2 rings (SSSR count). The lowest BCUT2D eigenvalue weighted by atomic mass is 10.3. The van der Waals surface area contributed by atoms with Crippen LogP contribution < -0.4 is 10.0 Å². The molecule has 0 saturated carbocycles. The van der Waals surface area contributed by atoms with E-state index in [0.717, 1.165) is 18.7 Å². The summed E-state index contributed by atoms with van der Waals surface area (Å²) in [5.41, 5.74) is -0.264. The van der Waals surface area contributed by atoms with Crippen molar-refractivity contribution in [3.8, 4) is 0 Å². The van der Waals surface area contributed by atoms with Crippen molar-refractivity contribution in [1.29, 1.82) is 0 Å². The quantitative estimate of drug-likeness (QED) is 0.794. The molecule has 0 unspecified atom stereocenters. The molecule has 136 valence electrons. The fraction of sp³-hybridized carbons (Fsp3) is 0.571. The van der Waals surface area contributed by atoms with Gasteiger partial charge >= 0.3 is 0 Å². The van der Waals surface area contributed by atoms with E-state index in [1.54, 1.807) is 0 Å². The van der Waals surface area contributed by atoms with Crippen molar-refractivity contribution < 1.29 is 21.2 Å². The van der Waals surface area contributed by atoms with Crippen molar-refractivity contribution >= 4 is 25.7 Å². The van der Waals surface area contributed by atoms with Crippen molar-refractivity contribution in [2.24, 2.45) is 0 Å². The Balaban J connectivity index is 2.28. The minimum absolute atomic E-state index is 0.186. The van der Waals surface area contributed by atoms with Gasteiger partial charge in [-0.3, -0.25) is 4.72 Å². The lowest BCUT2D eigenvalue weighted by molar-refractivity contribution is 0.431. The Morgan fingerprint density at radius 3 is 2.50 bits per heavy atom. The summed E-state index contributed by atoms with van der Waals surface area (Å²) < 4.78 is 66.4. The van der Waals surface area contributed by atoms with Gasteiger partial charge in [-0.15, -0.1) is 0 Å². The molecule has 1 aliphatic heterocycles. The minimum Gasteiger partial charge on any atom is -0.315 e. The topological polar surface area (TPSA) is 95.6 Å². The molecule has 7 nitrogen and oxygen atoms in total. The zero-order valence-corrected chi connectivity index (χ0v) is 15.3. The SMILES string of the molecule is CC(C)S(=O)(=O)Nc1ccc(S(=O)(=O)N2CCCNCC2)cc1F. The van der Waals surface area contributed by atoms with E-state index in [0.29, 0.717) is 26.1 Å². The number of halogens is 1. The van der Waals surface area contributed by atoms with Crippen LogP contribution in [0.1, 0.15) is 20.3 Å². The number of sulfonamides is 2. The summed E-state index contributed by atoms with van der Waals surface area (Å²) in [6, 6.07) is 3.21. The van der Waals surface area contributed by atoms with Gasteiger partial charge in [-0.05, 0) is 45.0 Å². The Hall–Kier alpha value is -1.23. The van der Waals surface area contributed by atoms with Crippen LogP contribution in [0.25, 0.3) is 0 Å². The average Bonchev–Trinajstić information content (AvgIpc) is 2.78. The summed E-state index contributed by atoms with van der Waals surface area (Å²) in [6.07, 6.45) is 0.675. The van der Waals surface area contributed by atoms with Crippen molar-refractivity contribution in [3.63, 3.8) is 0 Å². The molecule has 2 N–H and O–H groups in total. The second-order valence-electron chi connectivity index (χ2n) is 5.85. The second kappa shape index (κ2) is 7.34. The Bertz CT molecular complexity index is 786. The van der Waals surface area contributed by atoms with Crippen LogP contribution in [-0.4, -0.2) is 52.6 Å². The molecule has 24 heavy (non-hydrogen) atoms. The van der Waals surface area contributed by atoms with E-state index >= 15 is 0 Å². The lowest BCUT2D eigenvalue weighted by Crippen LogP contribution is -2.34. The molecule has 1 saturated heterocycles. The van der Waals surface area contributed by atoms with Gasteiger partial charge in [0, 0.05) is 19.6 Å². The summed E-state index contributed by atoms with van der Waals surface area (Å²) >= 11 is 0. The van der Waals surface area contributed by atoms with Crippen molar-refractivity contribution in [2.45, 2.75) is 30.4 Å². The van der Waals surface area contributed by atoms with Gasteiger partial charge in [-0.2, -0.15) is 4.31 Å². The predicted molar refractivity (Wildman–Crippen MR) is 90.3 cm³/mol. The molecule has 0 radical (unpaired) electrons. The van der Waals surface area contributed by atoms with Crippen LogP contribution in [0.15, 0.2) is 23.1 Å². The maximum Gasteiger partial charge on any atom is 0.243 e. The van der Waals surface area contributed by atoms with Crippen LogP contribution in [0.2, 0.25) is 0 Å². The highest BCUT2D eigenvalue weighted by atomic mass is 32.2. The molecule has 0 aromatic heterocycles. The number of hydrogen-bond donors (Lipinski definition) is 2. The van der Waals surface area contributed by atoms with Crippen molar-refractivity contribution in [3.05, 3.63) is 24.0 Å². The molecule has 1 aromatic rings. The summed E-state index contributed by atoms with van der Waals surface area (Å²) in [5, 5.41) is 2.37. The predicted octanol–water partition coefficient (Wildman–Crippen LogP) is 0.960. The summed E-state index contributed by atoms with van der Waals surface area (Å²) in [7, 11) is -7.51. The largest absolute Gasteiger partial charge is 0.315 e. The monoisotopic (exact) mass is 379 g/mol. The molecule has 0 bridgehead atoms. The average molecular weight is 379 g/mol. The second-order valence-corrected chi connectivity index (χ2v) is 10.0. The first-order valence-electron chi connectivity index (χ1n) is 7.66. The first kappa shape index (κ1) is 19.1. The molecule has 1 aliphatic rings. The Morgan fingerprint density at radius 1 is 1.17 bits per heavy atom. The van der Waals surface area contributed by atoms with Gasteiger partial charge in [0.05, 0.1) is 15.8 Å². The Labute approximate surface area is 142 Å². The van der Waals surface area contributed by atoms with Gasteiger partial charge in [0.25, 0.3) is 0 Å². The van der Waals surface area contributed by atoms with Crippen LogP contribution in [-0.2, 0) is 20.0 Å². The number of rotatable bonds is 5. The third-order valence-electron chi connectivity index (χ3n) is 3.75. The molecule has 1 heterocycles. The number of hydrogen-bond acceptors (Lipinski definition) is 5. The Kier molecular flexibility index (Phi) is 5.84. The van der Waals surface area contributed by atoms with E-state index < -0.39 is 31.1 Å². The lowest BCUT2D eigenvalue weighted by Gasteiger charge is -2.20. The standard InChI is InChI=1S/C14H22FN3O4S2/c1-11(2)23(19,20)17-14-5-4-12(10-13(14)15)24(21,22)18-8-3-6-16-7-9-18/h4-5,10-11,16-17H,3,6-9H2,1-2H3. The van der Waals surface area contributed by atoms with Crippen molar-refractivity contribution in [1.82, 2.24) is 9.62 Å². The molecule has 0 spiro atoms. The fourth-order valence-electron chi connectivity index (χ4n) is 2.22. The van der Waals surface area contributed by atoms with E-state index in [9.17, 15) is 21.2 Å². The molecule has 10 heteroatoms. The van der Waals surface area contributed by atoms with Crippen LogP contribution >= 0.6 is 0 Å². The van der Waals surface area contributed by atoms with E-state index in [2.05, 4.69) is 10.0 Å². The highest BCUT2D eigenvalue weighted by Crippen LogP contribution is 2.23. The molecular formula is C14H22FN3O4S2. The summed E-state index contributed by atoms with van der Waals surface area (Å²) in [6.45, 7) is 4.87. The van der Waals surface area contributed by atoms with Crippen LogP contribution in [0, 0.1) is 5.82 Å². The molecule has 1 fully saturated rings. The third kappa shape index (κ3) is 4.24. The van der Waals surface area contributed by atoms with Gasteiger partial charge in [-0.25, -0.2) is 21.2 Å². The maximum atomic E-state index is 14.2. The molecule has 0 aliphatic carbocycles. The van der Waals surface area contributed by atoms with Gasteiger partial charge in [0.15, 0.2) is 0 Å². The smallest absolute Gasteiger partial charge is 0.243 e. The van der Waals surface area contributed by atoms with Gasteiger partial charge in [-0.1, -0.05) is 0 Å². The molecular weight excluding hydrogens is 357 g/mol. The molecule has 0 atom stereocenters. The summed E-state index contributed by atoms with van der Waals surface area (Å²) in [4.78, 5) is -0.186. The van der Waals surface area contributed by atoms with E-state index in [-0.39, 0.29) is 10.6 Å². The highest BCUT2D eigenvalue weighted by molar-refractivity contribution is 7.93. The fourth-order valence-corrected chi connectivity index (χ4v) is 4.42. The molecule has 0 amide bonds. The number of anilines is 1. The number of benzene rings is 1. The third-order valence-corrected chi connectivity index (χ3v) is 7.39. The zero-order chi connectivity index (χ0) is 18.0. The number of nitrogens with one attached hydrogen (secondary N) is 2. The first-order chi connectivity index (χ1) is 11.1. The summed E-state index contributed by atoms with van der Waals surface area (Å²) in [5.74, 6) is -0.923. The highest BCUT2D eigenvalue weighted by Gasteiger charge is 2.26. The normalized spacial score (nSPS) is 17.7. The van der Waals surface area contributed by atoms with Crippen LogP contribution in [0.5, 0.6) is 0 Å². The van der Waals surface area contributed by atoms with Gasteiger partial charge in [0.2, 0.25) is 20.0 Å². The maximum absolute atomic E-state index is 14.2. The van der Waals surface area contributed by atoms with E-state index in [1.807, 2.05) is 0 Å². The van der Waals surface area contributed by atoms with Gasteiger partial charge in [0.1, 0.15) is 5.82 Å². The van der Waals surface area contributed by atoms with E-state index in [4.69, 9.17) is 0 Å². The van der Waals surface area contributed by atoms with Crippen LogP contribution in [0.3, 0.4) is 0 Å². The number of nitrogens with zero attached hydrogens (tertiary/aromatic N) is 1. The van der Waals surface area contributed by atoms with Crippen molar-refractivity contribution in [2.75, 3.05) is 30.9 Å². The van der Waals surface area contributed by atoms with Crippen LogP contribution in [0.4, 0.5) is 10.1 Å². The van der Waals surface area contributed by atoms with Gasteiger partial charge < -0.3 is 5.32 Å². The molecule has 1 aromatic carbocycles. The Morgan fingerprint density at radius 2 is 1.88 bits per heavy atom. The van der Waals surface area contributed by atoms with E-state index in [1.165, 1.54) is 24.2 Å². The first-order valence-corrected chi connectivity index (χ1v) is 10.7. The zero-order valence-electron chi connectivity index (χ0n) is 13.6. The minimum atomic E-state index is -3.81.